The molecule has 4 aromatic rings. The van der Waals surface area contributed by atoms with Gasteiger partial charge in [0.1, 0.15) is 17.0 Å². The molecule has 8 nitrogen and oxygen atoms in total. The zero-order chi connectivity index (χ0) is 20.7. The molecule has 0 atom stereocenters. The third kappa shape index (κ3) is 3.26. The van der Waals surface area contributed by atoms with Crippen LogP contribution in [0.3, 0.4) is 0 Å². The SMILES string of the molecule is COc1cccc(-n2c(=O)n(Cc3ccccc3O)c3nc(NC4CC4)ncc32)c1. The molecular weight excluding hydrogens is 382 g/mol. The normalized spacial score (nSPS) is 13.5. The fourth-order valence-electron chi connectivity index (χ4n) is 3.47. The Bertz CT molecular complexity index is 1290. The molecule has 0 radical (unpaired) electrons. The van der Waals surface area contributed by atoms with Crippen LogP contribution in [0.15, 0.2) is 59.5 Å². The van der Waals surface area contributed by atoms with E-state index >= 15 is 0 Å². The lowest BCUT2D eigenvalue weighted by Gasteiger charge is -2.06. The molecule has 0 bridgehead atoms. The Morgan fingerprint density at radius 3 is 2.80 bits per heavy atom. The minimum atomic E-state index is -0.264. The first-order valence-electron chi connectivity index (χ1n) is 9.80. The summed E-state index contributed by atoms with van der Waals surface area (Å²) in [6.07, 6.45) is 3.85. The monoisotopic (exact) mass is 403 g/mol. The molecule has 1 saturated carbocycles. The number of ether oxygens (including phenoxy) is 1. The largest absolute Gasteiger partial charge is 0.508 e. The van der Waals surface area contributed by atoms with Crippen LogP contribution in [0.25, 0.3) is 16.9 Å². The van der Waals surface area contributed by atoms with Gasteiger partial charge in [-0.1, -0.05) is 24.3 Å². The zero-order valence-corrected chi connectivity index (χ0v) is 16.4. The van der Waals surface area contributed by atoms with E-state index in [0.29, 0.717) is 40.2 Å². The van der Waals surface area contributed by atoms with Crippen LogP contribution in [0.4, 0.5) is 5.95 Å². The van der Waals surface area contributed by atoms with Crippen molar-refractivity contribution >= 4 is 17.1 Å². The standard InChI is InChI=1S/C22H21N5O3/c1-30-17-7-4-6-16(11-17)27-18-12-23-21(24-15-9-10-15)25-20(18)26(22(27)29)13-14-5-2-3-8-19(14)28/h2-8,11-12,15,28H,9-10,13H2,1H3,(H,23,24,25). The van der Waals surface area contributed by atoms with Gasteiger partial charge in [-0.15, -0.1) is 0 Å². The summed E-state index contributed by atoms with van der Waals surface area (Å²) in [4.78, 5) is 22.5. The number of nitrogens with one attached hydrogen (secondary N) is 1. The van der Waals surface area contributed by atoms with Crippen molar-refractivity contribution in [3.8, 4) is 17.2 Å². The van der Waals surface area contributed by atoms with E-state index in [0.717, 1.165) is 12.8 Å². The highest BCUT2D eigenvalue weighted by Gasteiger charge is 2.23. The van der Waals surface area contributed by atoms with Crippen LogP contribution >= 0.6 is 0 Å². The molecule has 2 heterocycles. The number of hydrogen-bond donors (Lipinski definition) is 2. The molecule has 0 aliphatic heterocycles. The molecule has 8 heteroatoms. The smallest absolute Gasteiger partial charge is 0.335 e. The first-order chi connectivity index (χ1) is 14.6. The molecular formula is C22H21N5O3. The minimum Gasteiger partial charge on any atom is -0.508 e. The molecule has 0 amide bonds. The maximum atomic E-state index is 13.5. The summed E-state index contributed by atoms with van der Waals surface area (Å²) >= 11 is 0. The van der Waals surface area contributed by atoms with E-state index in [2.05, 4.69) is 15.3 Å². The van der Waals surface area contributed by atoms with Crippen molar-refractivity contribution in [2.45, 2.75) is 25.4 Å². The number of nitrogens with zero attached hydrogens (tertiary/aromatic N) is 4. The summed E-state index contributed by atoms with van der Waals surface area (Å²) in [5, 5.41) is 13.5. The van der Waals surface area contributed by atoms with Gasteiger partial charge in [-0.2, -0.15) is 4.98 Å². The summed E-state index contributed by atoms with van der Waals surface area (Å²) < 4.78 is 8.45. The molecule has 5 rings (SSSR count). The fraction of sp³-hybridized carbons (Fsp3) is 0.227. The van der Waals surface area contributed by atoms with Crippen molar-refractivity contribution in [2.24, 2.45) is 0 Å². The van der Waals surface area contributed by atoms with Crippen molar-refractivity contribution in [1.82, 2.24) is 19.1 Å². The van der Waals surface area contributed by atoms with Crippen LogP contribution in [0, 0.1) is 0 Å². The fourth-order valence-corrected chi connectivity index (χ4v) is 3.47. The molecule has 0 unspecified atom stereocenters. The summed E-state index contributed by atoms with van der Waals surface area (Å²) in [5.74, 6) is 1.28. The molecule has 30 heavy (non-hydrogen) atoms. The molecule has 1 aliphatic rings. The summed E-state index contributed by atoms with van der Waals surface area (Å²) in [7, 11) is 1.59. The first kappa shape index (κ1) is 18.2. The molecule has 2 aromatic carbocycles. The topological polar surface area (TPSA) is 94.2 Å². The number of phenols is 1. The lowest BCUT2D eigenvalue weighted by atomic mass is 10.2. The number of imidazole rings is 1. The van der Waals surface area contributed by atoms with Gasteiger partial charge in [0, 0.05) is 17.7 Å². The lowest BCUT2D eigenvalue weighted by molar-refractivity contribution is 0.414. The number of para-hydroxylation sites is 1. The average Bonchev–Trinajstić information content (AvgIpc) is 3.54. The Balaban J connectivity index is 1.70. The van der Waals surface area contributed by atoms with E-state index in [1.54, 1.807) is 46.7 Å². The summed E-state index contributed by atoms with van der Waals surface area (Å²) in [6, 6.07) is 14.7. The van der Waals surface area contributed by atoms with Crippen LogP contribution in [-0.4, -0.2) is 37.4 Å². The van der Waals surface area contributed by atoms with Gasteiger partial charge in [-0.3, -0.25) is 9.13 Å². The summed E-state index contributed by atoms with van der Waals surface area (Å²) in [5.41, 5.74) is 2.13. The van der Waals surface area contributed by atoms with E-state index < -0.39 is 0 Å². The summed E-state index contributed by atoms with van der Waals surface area (Å²) in [6.45, 7) is 0.193. The van der Waals surface area contributed by atoms with Gasteiger partial charge in [0.15, 0.2) is 5.65 Å². The van der Waals surface area contributed by atoms with E-state index in [1.807, 2.05) is 24.3 Å². The van der Waals surface area contributed by atoms with Gasteiger partial charge in [-0.05, 0) is 31.0 Å². The molecule has 2 aromatic heterocycles. The highest BCUT2D eigenvalue weighted by atomic mass is 16.5. The van der Waals surface area contributed by atoms with Crippen LogP contribution < -0.4 is 15.7 Å². The van der Waals surface area contributed by atoms with Gasteiger partial charge in [-0.25, -0.2) is 9.78 Å². The van der Waals surface area contributed by atoms with Crippen molar-refractivity contribution in [3.63, 3.8) is 0 Å². The predicted octanol–water partition coefficient (Wildman–Crippen LogP) is 2.92. The predicted molar refractivity (Wildman–Crippen MR) is 114 cm³/mol. The number of aromatic hydroxyl groups is 1. The Morgan fingerprint density at radius 1 is 1.20 bits per heavy atom. The van der Waals surface area contributed by atoms with Crippen LogP contribution in [-0.2, 0) is 6.54 Å². The molecule has 152 valence electrons. The molecule has 0 saturated heterocycles. The first-order valence-corrected chi connectivity index (χ1v) is 9.80. The molecule has 2 N–H and O–H groups in total. The second kappa shape index (κ2) is 7.22. The van der Waals surface area contributed by atoms with Crippen LogP contribution in [0.5, 0.6) is 11.5 Å². The van der Waals surface area contributed by atoms with Crippen LogP contribution in [0.1, 0.15) is 18.4 Å². The van der Waals surface area contributed by atoms with Gasteiger partial charge >= 0.3 is 5.69 Å². The Labute approximate surface area is 172 Å². The van der Waals surface area contributed by atoms with Gasteiger partial charge in [0.05, 0.1) is 25.5 Å². The average molecular weight is 403 g/mol. The third-order valence-corrected chi connectivity index (χ3v) is 5.21. The molecule has 1 fully saturated rings. The van der Waals surface area contributed by atoms with Crippen molar-refractivity contribution in [3.05, 3.63) is 70.8 Å². The number of anilines is 1. The van der Waals surface area contributed by atoms with Crippen molar-refractivity contribution in [1.29, 1.82) is 0 Å². The number of phenolic OH excluding ortho intramolecular Hbond substituents is 1. The van der Waals surface area contributed by atoms with Gasteiger partial charge in [0.2, 0.25) is 5.95 Å². The van der Waals surface area contributed by atoms with Gasteiger partial charge in [0.25, 0.3) is 0 Å². The van der Waals surface area contributed by atoms with E-state index in [4.69, 9.17) is 4.74 Å². The highest BCUT2D eigenvalue weighted by Crippen LogP contribution is 2.26. The third-order valence-electron chi connectivity index (χ3n) is 5.21. The number of aromatic nitrogens is 4. The maximum absolute atomic E-state index is 13.5. The Hall–Kier alpha value is -3.81. The molecule has 0 spiro atoms. The molecule has 1 aliphatic carbocycles. The lowest BCUT2D eigenvalue weighted by Crippen LogP contribution is -2.24. The quantitative estimate of drug-likeness (QED) is 0.514. The number of methoxy groups -OCH3 is 1. The van der Waals surface area contributed by atoms with E-state index in [9.17, 15) is 9.90 Å². The number of hydrogen-bond acceptors (Lipinski definition) is 6. The highest BCUT2D eigenvalue weighted by molar-refractivity contribution is 5.75. The second-order valence-corrected chi connectivity index (χ2v) is 7.36. The number of fused-ring (bicyclic) bond motifs is 1. The zero-order valence-electron chi connectivity index (χ0n) is 16.4. The Morgan fingerprint density at radius 2 is 2.03 bits per heavy atom. The van der Waals surface area contributed by atoms with E-state index in [-0.39, 0.29) is 18.0 Å². The minimum absolute atomic E-state index is 0.136. The van der Waals surface area contributed by atoms with Crippen molar-refractivity contribution in [2.75, 3.05) is 12.4 Å². The van der Waals surface area contributed by atoms with E-state index in [1.165, 1.54) is 0 Å². The van der Waals surface area contributed by atoms with Crippen LogP contribution in [0.2, 0.25) is 0 Å². The van der Waals surface area contributed by atoms with Crippen molar-refractivity contribution < 1.29 is 9.84 Å². The Kier molecular flexibility index (Phi) is 4.39. The second-order valence-electron chi connectivity index (χ2n) is 7.36. The maximum Gasteiger partial charge on any atom is 0.335 e. The van der Waals surface area contributed by atoms with Gasteiger partial charge < -0.3 is 15.2 Å². The number of benzene rings is 2. The number of rotatable bonds is 6.